The minimum absolute atomic E-state index is 0.497. The van der Waals surface area contributed by atoms with Crippen molar-refractivity contribution in [2.24, 2.45) is 11.7 Å². The molecule has 0 bridgehead atoms. The first-order valence-corrected chi connectivity index (χ1v) is 6.22. The molecule has 0 saturated carbocycles. The fourth-order valence-electron chi connectivity index (χ4n) is 1.44. The minimum atomic E-state index is 0.497. The van der Waals surface area contributed by atoms with Crippen molar-refractivity contribution < 1.29 is 0 Å². The topological polar surface area (TPSA) is 51.8 Å². The van der Waals surface area contributed by atoms with Gasteiger partial charge in [-0.3, -0.25) is 4.98 Å². The molecule has 3 nitrogen and oxygen atoms in total. The number of aromatic nitrogens is 2. The molecule has 0 aliphatic rings. The zero-order valence-electron chi connectivity index (χ0n) is 9.26. The average Bonchev–Trinajstić information content (AvgIpc) is 2.78. The average molecular weight is 233 g/mol. The molecule has 0 amide bonds. The van der Waals surface area contributed by atoms with E-state index in [-0.39, 0.29) is 0 Å². The largest absolute Gasteiger partial charge is 0.330 e. The molecule has 2 N–H and O–H groups in total. The molecule has 0 aliphatic heterocycles. The number of nitrogens with zero attached hydrogens (tertiary/aromatic N) is 2. The standard InChI is InChI=1S/C12H15N3S/c1-9(7-13)6-12-15-11(8-16-12)10-2-4-14-5-3-10/h2-5,8-9H,6-7,13H2,1H3. The highest BCUT2D eigenvalue weighted by Gasteiger charge is 2.07. The molecule has 16 heavy (non-hydrogen) atoms. The van der Waals surface area contributed by atoms with Crippen LogP contribution in [0.15, 0.2) is 29.9 Å². The van der Waals surface area contributed by atoms with Gasteiger partial charge in [0.1, 0.15) is 0 Å². The Morgan fingerprint density at radius 1 is 1.38 bits per heavy atom. The summed E-state index contributed by atoms with van der Waals surface area (Å²) in [5.41, 5.74) is 7.76. The third kappa shape index (κ3) is 2.65. The molecule has 0 radical (unpaired) electrons. The molecule has 0 spiro atoms. The predicted octanol–water partition coefficient (Wildman–Crippen LogP) is 2.34. The minimum Gasteiger partial charge on any atom is -0.330 e. The van der Waals surface area contributed by atoms with Crippen LogP contribution < -0.4 is 5.73 Å². The molecular weight excluding hydrogens is 218 g/mol. The number of thiazole rings is 1. The maximum absolute atomic E-state index is 5.61. The lowest BCUT2D eigenvalue weighted by molar-refractivity contribution is 0.591. The Bertz CT molecular complexity index is 439. The van der Waals surface area contributed by atoms with Gasteiger partial charge in [0.25, 0.3) is 0 Å². The third-order valence-electron chi connectivity index (χ3n) is 2.45. The highest BCUT2D eigenvalue weighted by atomic mass is 32.1. The van der Waals surface area contributed by atoms with Crippen LogP contribution >= 0.6 is 11.3 Å². The highest BCUT2D eigenvalue weighted by molar-refractivity contribution is 7.09. The summed E-state index contributed by atoms with van der Waals surface area (Å²) >= 11 is 1.70. The summed E-state index contributed by atoms with van der Waals surface area (Å²) in [5, 5.41) is 3.25. The maximum atomic E-state index is 5.61. The van der Waals surface area contributed by atoms with Gasteiger partial charge < -0.3 is 5.73 Å². The van der Waals surface area contributed by atoms with Gasteiger partial charge in [0.15, 0.2) is 0 Å². The Balaban J connectivity index is 2.14. The van der Waals surface area contributed by atoms with Crippen LogP contribution in [0.1, 0.15) is 11.9 Å². The van der Waals surface area contributed by atoms with Crippen LogP contribution in [0.3, 0.4) is 0 Å². The second-order valence-electron chi connectivity index (χ2n) is 3.91. The third-order valence-corrected chi connectivity index (χ3v) is 3.32. The van der Waals surface area contributed by atoms with E-state index in [0.717, 1.165) is 22.7 Å². The van der Waals surface area contributed by atoms with E-state index in [1.165, 1.54) is 0 Å². The summed E-state index contributed by atoms with van der Waals surface area (Å²) in [7, 11) is 0. The summed E-state index contributed by atoms with van der Waals surface area (Å²) in [6, 6.07) is 3.95. The van der Waals surface area contributed by atoms with Gasteiger partial charge in [-0.05, 0) is 24.6 Å². The van der Waals surface area contributed by atoms with E-state index in [0.29, 0.717) is 12.5 Å². The van der Waals surface area contributed by atoms with Gasteiger partial charge in [-0.2, -0.15) is 0 Å². The van der Waals surface area contributed by atoms with E-state index >= 15 is 0 Å². The van der Waals surface area contributed by atoms with Crippen LogP contribution in [-0.2, 0) is 6.42 Å². The lowest BCUT2D eigenvalue weighted by Gasteiger charge is -2.03. The second kappa shape index (κ2) is 5.18. The lowest BCUT2D eigenvalue weighted by Crippen LogP contribution is -2.12. The van der Waals surface area contributed by atoms with E-state index < -0.39 is 0 Å². The van der Waals surface area contributed by atoms with Crippen LogP contribution in [0.25, 0.3) is 11.3 Å². The Morgan fingerprint density at radius 3 is 2.81 bits per heavy atom. The number of rotatable bonds is 4. The zero-order chi connectivity index (χ0) is 11.4. The molecule has 2 heterocycles. The number of nitrogens with two attached hydrogens (primary N) is 1. The molecule has 1 unspecified atom stereocenters. The summed E-state index contributed by atoms with van der Waals surface area (Å²) in [4.78, 5) is 8.60. The van der Waals surface area contributed by atoms with Crippen molar-refractivity contribution in [2.45, 2.75) is 13.3 Å². The maximum Gasteiger partial charge on any atom is 0.0935 e. The fourth-order valence-corrected chi connectivity index (χ4v) is 2.41. The van der Waals surface area contributed by atoms with Crippen LogP contribution in [-0.4, -0.2) is 16.5 Å². The SMILES string of the molecule is CC(CN)Cc1nc(-c2ccncc2)cs1. The summed E-state index contributed by atoms with van der Waals surface area (Å²) in [5.74, 6) is 0.497. The van der Waals surface area contributed by atoms with Crippen molar-refractivity contribution in [3.63, 3.8) is 0 Å². The van der Waals surface area contributed by atoms with Crippen LogP contribution in [0.5, 0.6) is 0 Å². The Kier molecular flexibility index (Phi) is 3.64. The van der Waals surface area contributed by atoms with Crippen LogP contribution in [0.2, 0.25) is 0 Å². The van der Waals surface area contributed by atoms with Gasteiger partial charge in [0.05, 0.1) is 10.7 Å². The Labute approximate surface area is 99.4 Å². The first kappa shape index (κ1) is 11.2. The van der Waals surface area contributed by atoms with E-state index in [4.69, 9.17) is 5.73 Å². The number of hydrogen-bond acceptors (Lipinski definition) is 4. The normalized spacial score (nSPS) is 12.6. The first-order valence-electron chi connectivity index (χ1n) is 5.34. The first-order chi connectivity index (χ1) is 7.79. The fraction of sp³-hybridized carbons (Fsp3) is 0.333. The van der Waals surface area contributed by atoms with E-state index in [9.17, 15) is 0 Å². The van der Waals surface area contributed by atoms with E-state index in [1.807, 2.05) is 12.1 Å². The molecule has 2 rings (SSSR count). The Hall–Kier alpha value is -1.26. The lowest BCUT2D eigenvalue weighted by atomic mass is 10.1. The van der Waals surface area contributed by atoms with E-state index in [2.05, 4.69) is 22.3 Å². The van der Waals surface area contributed by atoms with E-state index in [1.54, 1.807) is 23.7 Å². The molecular formula is C12H15N3S. The van der Waals surface area contributed by atoms with Crippen molar-refractivity contribution in [3.8, 4) is 11.3 Å². The Morgan fingerprint density at radius 2 is 2.12 bits per heavy atom. The number of hydrogen-bond donors (Lipinski definition) is 1. The molecule has 0 fully saturated rings. The van der Waals surface area contributed by atoms with Gasteiger partial charge in [-0.25, -0.2) is 4.98 Å². The van der Waals surface area contributed by atoms with Crippen molar-refractivity contribution in [2.75, 3.05) is 6.54 Å². The van der Waals surface area contributed by atoms with Crippen molar-refractivity contribution in [3.05, 3.63) is 34.9 Å². The molecule has 0 aliphatic carbocycles. The van der Waals surface area contributed by atoms with Crippen molar-refractivity contribution in [1.82, 2.24) is 9.97 Å². The highest BCUT2D eigenvalue weighted by Crippen LogP contribution is 2.22. The zero-order valence-corrected chi connectivity index (χ0v) is 10.1. The van der Waals surface area contributed by atoms with Gasteiger partial charge in [0, 0.05) is 29.8 Å². The molecule has 0 saturated heterocycles. The van der Waals surface area contributed by atoms with Crippen LogP contribution in [0.4, 0.5) is 0 Å². The second-order valence-corrected chi connectivity index (χ2v) is 4.85. The smallest absolute Gasteiger partial charge is 0.0935 e. The van der Waals surface area contributed by atoms with Crippen molar-refractivity contribution in [1.29, 1.82) is 0 Å². The molecule has 2 aromatic rings. The van der Waals surface area contributed by atoms with Gasteiger partial charge in [-0.1, -0.05) is 6.92 Å². The number of pyridine rings is 1. The summed E-state index contributed by atoms with van der Waals surface area (Å²) in [6.07, 6.45) is 4.54. The summed E-state index contributed by atoms with van der Waals surface area (Å²) < 4.78 is 0. The molecule has 84 valence electrons. The molecule has 0 aromatic carbocycles. The quantitative estimate of drug-likeness (QED) is 0.882. The summed E-state index contributed by atoms with van der Waals surface area (Å²) in [6.45, 7) is 2.86. The van der Waals surface area contributed by atoms with Crippen LogP contribution in [0, 0.1) is 5.92 Å². The van der Waals surface area contributed by atoms with Gasteiger partial charge >= 0.3 is 0 Å². The predicted molar refractivity (Wildman–Crippen MR) is 67.3 cm³/mol. The molecule has 4 heteroatoms. The molecule has 1 atom stereocenters. The molecule has 2 aromatic heterocycles. The van der Waals surface area contributed by atoms with Gasteiger partial charge in [-0.15, -0.1) is 11.3 Å². The monoisotopic (exact) mass is 233 g/mol. The van der Waals surface area contributed by atoms with Crippen molar-refractivity contribution >= 4 is 11.3 Å². The van der Waals surface area contributed by atoms with Gasteiger partial charge in [0.2, 0.25) is 0 Å².